The molecule has 0 aliphatic heterocycles. The quantitative estimate of drug-likeness (QED) is 0.707. The van der Waals surface area contributed by atoms with Gasteiger partial charge >= 0.3 is 0 Å². The minimum atomic E-state index is 0.664. The molecule has 0 radical (unpaired) electrons. The van der Waals surface area contributed by atoms with Crippen molar-refractivity contribution in [1.82, 2.24) is 15.5 Å². The highest BCUT2D eigenvalue weighted by Gasteiger charge is 2.11. The lowest BCUT2D eigenvalue weighted by Crippen LogP contribution is -2.18. The summed E-state index contributed by atoms with van der Waals surface area (Å²) >= 11 is 1.61. The van der Waals surface area contributed by atoms with Crippen LogP contribution in [0.1, 0.15) is 5.69 Å². The molecule has 0 bridgehead atoms. The third-order valence-corrected chi connectivity index (χ3v) is 3.90. The van der Waals surface area contributed by atoms with Crippen molar-refractivity contribution >= 4 is 21.6 Å². The van der Waals surface area contributed by atoms with Crippen molar-refractivity contribution < 1.29 is 9.26 Å². The summed E-state index contributed by atoms with van der Waals surface area (Å²) in [6.45, 7) is 2.14. The Kier molecular flexibility index (Phi) is 4.05. The SMILES string of the molecule is COCCNCc1cc(-c2nc3ccccc3s2)on1. The van der Waals surface area contributed by atoms with Gasteiger partial charge in [-0.05, 0) is 12.1 Å². The molecule has 0 fully saturated rings. The van der Waals surface area contributed by atoms with E-state index in [2.05, 4.69) is 21.5 Å². The van der Waals surface area contributed by atoms with Gasteiger partial charge in [0.2, 0.25) is 0 Å². The standard InChI is InChI=1S/C14H15N3O2S/c1-18-7-6-15-9-10-8-12(19-17-10)14-16-11-4-2-3-5-13(11)20-14/h2-5,8,15H,6-7,9H2,1H3. The molecule has 3 rings (SSSR count). The minimum absolute atomic E-state index is 0.664. The monoisotopic (exact) mass is 289 g/mol. The first-order valence-corrected chi connectivity index (χ1v) is 7.19. The van der Waals surface area contributed by atoms with E-state index >= 15 is 0 Å². The van der Waals surface area contributed by atoms with E-state index in [-0.39, 0.29) is 0 Å². The zero-order valence-corrected chi connectivity index (χ0v) is 11.9. The second kappa shape index (κ2) is 6.13. The number of hydrogen-bond acceptors (Lipinski definition) is 6. The predicted molar refractivity (Wildman–Crippen MR) is 78.7 cm³/mol. The molecule has 2 aromatic heterocycles. The van der Waals surface area contributed by atoms with E-state index < -0.39 is 0 Å². The van der Waals surface area contributed by atoms with Crippen molar-refractivity contribution in [3.8, 4) is 10.8 Å². The fourth-order valence-corrected chi connectivity index (χ4v) is 2.78. The minimum Gasteiger partial charge on any atom is -0.383 e. The third kappa shape index (κ3) is 2.87. The third-order valence-electron chi connectivity index (χ3n) is 2.85. The number of nitrogens with one attached hydrogen (secondary N) is 1. The maximum Gasteiger partial charge on any atom is 0.195 e. The summed E-state index contributed by atoms with van der Waals surface area (Å²) in [5.41, 5.74) is 1.86. The van der Waals surface area contributed by atoms with Gasteiger partial charge < -0.3 is 14.6 Å². The van der Waals surface area contributed by atoms with Crippen molar-refractivity contribution in [2.45, 2.75) is 6.54 Å². The summed E-state index contributed by atoms with van der Waals surface area (Å²) < 4.78 is 11.5. The van der Waals surface area contributed by atoms with E-state index in [0.717, 1.165) is 33.2 Å². The maximum absolute atomic E-state index is 5.36. The molecule has 5 nitrogen and oxygen atoms in total. The van der Waals surface area contributed by atoms with Gasteiger partial charge in [-0.25, -0.2) is 4.98 Å². The van der Waals surface area contributed by atoms with Crippen LogP contribution in [0.25, 0.3) is 21.0 Å². The van der Waals surface area contributed by atoms with Crippen LogP contribution in [0.15, 0.2) is 34.9 Å². The van der Waals surface area contributed by atoms with Gasteiger partial charge in [0.15, 0.2) is 10.8 Å². The molecule has 3 aromatic rings. The fraction of sp³-hybridized carbons (Fsp3) is 0.286. The fourth-order valence-electron chi connectivity index (χ4n) is 1.86. The summed E-state index contributed by atoms with van der Waals surface area (Å²) in [6, 6.07) is 9.98. The number of rotatable bonds is 6. The lowest BCUT2D eigenvalue weighted by Gasteiger charge is -1.99. The number of nitrogens with zero attached hydrogens (tertiary/aromatic N) is 2. The lowest BCUT2D eigenvalue weighted by atomic mass is 10.3. The van der Waals surface area contributed by atoms with Crippen molar-refractivity contribution in [3.05, 3.63) is 36.0 Å². The van der Waals surface area contributed by atoms with E-state index in [9.17, 15) is 0 Å². The number of fused-ring (bicyclic) bond motifs is 1. The summed E-state index contributed by atoms with van der Waals surface area (Å²) in [7, 11) is 1.68. The Morgan fingerprint density at radius 1 is 1.35 bits per heavy atom. The highest BCUT2D eigenvalue weighted by Crippen LogP contribution is 2.30. The van der Waals surface area contributed by atoms with Gasteiger partial charge in [0.25, 0.3) is 0 Å². The van der Waals surface area contributed by atoms with Crippen LogP contribution in [-0.4, -0.2) is 30.4 Å². The summed E-state index contributed by atoms with van der Waals surface area (Å²) in [5, 5.41) is 8.14. The number of para-hydroxylation sites is 1. The second-order valence-electron chi connectivity index (χ2n) is 4.34. The van der Waals surface area contributed by atoms with Gasteiger partial charge in [-0.1, -0.05) is 17.3 Å². The van der Waals surface area contributed by atoms with Crippen LogP contribution < -0.4 is 5.32 Å². The molecular weight excluding hydrogens is 274 g/mol. The largest absolute Gasteiger partial charge is 0.383 e. The van der Waals surface area contributed by atoms with E-state index in [0.29, 0.717) is 13.2 Å². The van der Waals surface area contributed by atoms with Crippen LogP contribution in [-0.2, 0) is 11.3 Å². The Balaban J connectivity index is 1.72. The number of aromatic nitrogens is 2. The number of benzene rings is 1. The van der Waals surface area contributed by atoms with E-state index in [1.54, 1.807) is 18.4 Å². The summed E-state index contributed by atoms with van der Waals surface area (Å²) in [4.78, 5) is 4.55. The Bertz CT molecular complexity index is 659. The first-order chi connectivity index (χ1) is 9.86. The molecule has 2 heterocycles. The number of hydrogen-bond donors (Lipinski definition) is 1. The van der Waals surface area contributed by atoms with Gasteiger partial charge in [-0.3, -0.25) is 0 Å². The van der Waals surface area contributed by atoms with E-state index in [4.69, 9.17) is 9.26 Å². The van der Waals surface area contributed by atoms with Gasteiger partial charge in [0.05, 0.1) is 22.5 Å². The summed E-state index contributed by atoms with van der Waals surface area (Å²) in [6.07, 6.45) is 0. The Morgan fingerprint density at radius 3 is 3.10 bits per heavy atom. The van der Waals surface area contributed by atoms with Crippen LogP contribution >= 0.6 is 11.3 Å². The molecule has 0 spiro atoms. The van der Waals surface area contributed by atoms with Crippen molar-refractivity contribution in [2.24, 2.45) is 0 Å². The molecule has 0 saturated carbocycles. The molecule has 1 aromatic carbocycles. The zero-order valence-electron chi connectivity index (χ0n) is 11.1. The molecule has 104 valence electrons. The maximum atomic E-state index is 5.36. The average molecular weight is 289 g/mol. The number of ether oxygens (including phenoxy) is 1. The van der Waals surface area contributed by atoms with Gasteiger partial charge in [0.1, 0.15) is 0 Å². The number of thiazole rings is 1. The van der Waals surface area contributed by atoms with Crippen molar-refractivity contribution in [3.63, 3.8) is 0 Å². The lowest BCUT2D eigenvalue weighted by molar-refractivity contribution is 0.199. The molecule has 0 saturated heterocycles. The molecule has 0 aliphatic rings. The predicted octanol–water partition coefficient (Wildman–Crippen LogP) is 2.69. The van der Waals surface area contributed by atoms with Crippen molar-refractivity contribution in [1.29, 1.82) is 0 Å². The zero-order chi connectivity index (χ0) is 13.8. The smallest absolute Gasteiger partial charge is 0.195 e. The highest BCUT2D eigenvalue weighted by molar-refractivity contribution is 7.21. The second-order valence-corrected chi connectivity index (χ2v) is 5.37. The van der Waals surface area contributed by atoms with E-state index in [1.165, 1.54) is 0 Å². The molecule has 20 heavy (non-hydrogen) atoms. The van der Waals surface area contributed by atoms with Crippen LogP contribution in [0.5, 0.6) is 0 Å². The summed E-state index contributed by atoms with van der Waals surface area (Å²) in [5.74, 6) is 0.717. The van der Waals surface area contributed by atoms with Crippen LogP contribution in [0.3, 0.4) is 0 Å². The molecule has 0 unspecified atom stereocenters. The molecule has 0 amide bonds. The molecule has 6 heteroatoms. The Hall–Kier alpha value is -1.76. The molecular formula is C14H15N3O2S. The Labute approximate surface area is 120 Å². The van der Waals surface area contributed by atoms with Gasteiger partial charge in [0, 0.05) is 26.3 Å². The first kappa shape index (κ1) is 13.2. The van der Waals surface area contributed by atoms with Crippen LogP contribution in [0, 0.1) is 0 Å². The first-order valence-electron chi connectivity index (χ1n) is 6.38. The van der Waals surface area contributed by atoms with Crippen molar-refractivity contribution in [2.75, 3.05) is 20.3 Å². The molecule has 0 aliphatic carbocycles. The van der Waals surface area contributed by atoms with Gasteiger partial charge in [-0.2, -0.15) is 0 Å². The van der Waals surface area contributed by atoms with Crippen LogP contribution in [0.2, 0.25) is 0 Å². The normalized spacial score (nSPS) is 11.2. The van der Waals surface area contributed by atoms with Crippen LogP contribution in [0.4, 0.5) is 0 Å². The molecule has 1 N–H and O–H groups in total. The molecule has 0 atom stereocenters. The number of methoxy groups -OCH3 is 1. The topological polar surface area (TPSA) is 60.2 Å². The van der Waals surface area contributed by atoms with Gasteiger partial charge in [-0.15, -0.1) is 11.3 Å². The van der Waals surface area contributed by atoms with E-state index in [1.807, 2.05) is 24.3 Å². The highest BCUT2D eigenvalue weighted by atomic mass is 32.1. The Morgan fingerprint density at radius 2 is 2.25 bits per heavy atom. The average Bonchev–Trinajstić information content (AvgIpc) is 3.09.